The second kappa shape index (κ2) is 4.30. The van der Waals surface area contributed by atoms with Gasteiger partial charge in [-0.1, -0.05) is 29.5 Å². The van der Waals surface area contributed by atoms with Gasteiger partial charge in [0.1, 0.15) is 0 Å². The second-order valence-electron chi connectivity index (χ2n) is 2.69. The Hall–Kier alpha value is -1.00. The van der Waals surface area contributed by atoms with E-state index in [1.807, 2.05) is 31.2 Å². The lowest BCUT2D eigenvalue weighted by Gasteiger charge is -2.05. The largest absolute Gasteiger partial charge is 0.479 e. The Balaban J connectivity index is 2.69. The summed E-state index contributed by atoms with van der Waals surface area (Å²) in [6, 6.07) is 7.59. The van der Waals surface area contributed by atoms with Crippen LogP contribution in [0.4, 0.5) is 0 Å². The number of rotatable bonds is 3. The van der Waals surface area contributed by atoms with E-state index in [1.54, 1.807) is 0 Å². The summed E-state index contributed by atoms with van der Waals surface area (Å²) in [7, 11) is 0. The fraction of sp³-hybridized carbons (Fsp3) is 0.222. The van der Waals surface area contributed by atoms with Crippen LogP contribution < -0.4 is 5.73 Å². The van der Waals surface area contributed by atoms with Crippen molar-refractivity contribution < 1.29 is 9.90 Å². The van der Waals surface area contributed by atoms with E-state index in [1.165, 1.54) is 0 Å². The number of carbonyl (C=O) groups is 1. The van der Waals surface area contributed by atoms with Gasteiger partial charge in [-0.3, -0.25) is 0 Å². The average molecular weight is 197 g/mol. The van der Waals surface area contributed by atoms with E-state index in [0.717, 1.165) is 22.2 Å². The first-order chi connectivity index (χ1) is 6.09. The number of hydrogen-bond acceptors (Lipinski definition) is 3. The van der Waals surface area contributed by atoms with Gasteiger partial charge in [0.25, 0.3) is 0 Å². The van der Waals surface area contributed by atoms with Crippen molar-refractivity contribution in [1.29, 1.82) is 0 Å². The Kier molecular flexibility index (Phi) is 3.33. The van der Waals surface area contributed by atoms with E-state index in [0.29, 0.717) is 0 Å². The SMILES string of the molecule is Cc1cccc(SC(N)C(=O)O)c1. The second-order valence-corrected chi connectivity index (χ2v) is 3.91. The fourth-order valence-corrected chi connectivity index (χ4v) is 1.69. The predicted molar refractivity (Wildman–Crippen MR) is 52.6 cm³/mol. The molecule has 70 valence electrons. The average Bonchev–Trinajstić information content (AvgIpc) is 2.04. The van der Waals surface area contributed by atoms with Crippen molar-refractivity contribution >= 4 is 17.7 Å². The lowest BCUT2D eigenvalue weighted by atomic mass is 10.2. The molecule has 0 fully saturated rings. The zero-order valence-electron chi connectivity index (χ0n) is 7.23. The molecule has 0 saturated carbocycles. The monoisotopic (exact) mass is 197 g/mol. The quantitative estimate of drug-likeness (QED) is 0.568. The minimum absolute atomic E-state index is 0.884. The van der Waals surface area contributed by atoms with Crippen LogP contribution in [0.25, 0.3) is 0 Å². The Bertz CT molecular complexity index is 314. The predicted octanol–water partition coefficient (Wildman–Crippen LogP) is 1.46. The van der Waals surface area contributed by atoms with Crippen LogP contribution in [-0.2, 0) is 4.79 Å². The highest BCUT2D eigenvalue weighted by Crippen LogP contribution is 2.21. The number of carboxylic acids is 1. The Morgan fingerprint density at radius 3 is 2.85 bits per heavy atom. The molecule has 1 rings (SSSR count). The highest BCUT2D eigenvalue weighted by Gasteiger charge is 2.12. The van der Waals surface area contributed by atoms with Crippen LogP contribution in [0.5, 0.6) is 0 Å². The van der Waals surface area contributed by atoms with Gasteiger partial charge in [-0.05, 0) is 19.1 Å². The van der Waals surface area contributed by atoms with Crippen molar-refractivity contribution in [2.75, 3.05) is 0 Å². The molecule has 13 heavy (non-hydrogen) atoms. The minimum atomic E-state index is -0.994. The van der Waals surface area contributed by atoms with Gasteiger partial charge in [0.2, 0.25) is 0 Å². The summed E-state index contributed by atoms with van der Waals surface area (Å²) in [6.07, 6.45) is 0. The van der Waals surface area contributed by atoms with Crippen molar-refractivity contribution in [3.8, 4) is 0 Å². The van der Waals surface area contributed by atoms with E-state index < -0.39 is 11.3 Å². The van der Waals surface area contributed by atoms with Crippen LogP contribution in [0.2, 0.25) is 0 Å². The maximum atomic E-state index is 10.4. The summed E-state index contributed by atoms with van der Waals surface area (Å²) < 4.78 is 0. The third kappa shape index (κ3) is 3.08. The highest BCUT2D eigenvalue weighted by atomic mass is 32.2. The molecule has 1 atom stereocenters. The van der Waals surface area contributed by atoms with Crippen LogP contribution in [0.15, 0.2) is 29.2 Å². The Labute approximate surface area is 80.9 Å². The standard InChI is InChI=1S/C9H11NO2S/c1-6-3-2-4-7(5-6)13-8(10)9(11)12/h2-5,8H,10H2,1H3,(H,11,12). The molecule has 4 heteroatoms. The number of thioether (sulfide) groups is 1. The normalized spacial score (nSPS) is 12.5. The summed E-state index contributed by atoms with van der Waals surface area (Å²) in [5.74, 6) is -0.994. The molecule has 3 nitrogen and oxygen atoms in total. The molecule has 0 bridgehead atoms. The van der Waals surface area contributed by atoms with E-state index in [4.69, 9.17) is 10.8 Å². The Morgan fingerprint density at radius 2 is 2.31 bits per heavy atom. The minimum Gasteiger partial charge on any atom is -0.479 e. The molecule has 0 aromatic heterocycles. The lowest BCUT2D eigenvalue weighted by Crippen LogP contribution is -2.25. The third-order valence-corrected chi connectivity index (χ3v) is 2.48. The van der Waals surface area contributed by atoms with Crippen molar-refractivity contribution in [3.63, 3.8) is 0 Å². The molecule has 0 aliphatic carbocycles. The molecular formula is C9H11NO2S. The van der Waals surface area contributed by atoms with Gasteiger partial charge in [0.05, 0.1) is 0 Å². The molecule has 3 N–H and O–H groups in total. The van der Waals surface area contributed by atoms with Gasteiger partial charge in [-0.2, -0.15) is 0 Å². The first-order valence-corrected chi connectivity index (χ1v) is 4.69. The van der Waals surface area contributed by atoms with Gasteiger partial charge < -0.3 is 10.8 Å². The number of aliphatic carboxylic acids is 1. The molecule has 0 amide bonds. The van der Waals surface area contributed by atoms with Gasteiger partial charge in [-0.25, -0.2) is 4.79 Å². The molecule has 1 aromatic rings. The van der Waals surface area contributed by atoms with Crippen molar-refractivity contribution in [2.24, 2.45) is 5.73 Å². The van der Waals surface area contributed by atoms with Crippen molar-refractivity contribution in [2.45, 2.75) is 17.2 Å². The van der Waals surface area contributed by atoms with Crippen LogP contribution in [-0.4, -0.2) is 16.4 Å². The molecule has 0 aliphatic rings. The number of benzene rings is 1. The summed E-state index contributed by atoms with van der Waals surface area (Å²) in [5, 5.41) is 7.68. The fourth-order valence-electron chi connectivity index (χ4n) is 0.886. The van der Waals surface area contributed by atoms with Crippen LogP contribution >= 0.6 is 11.8 Å². The maximum Gasteiger partial charge on any atom is 0.331 e. The topological polar surface area (TPSA) is 63.3 Å². The van der Waals surface area contributed by atoms with Crippen molar-refractivity contribution in [3.05, 3.63) is 29.8 Å². The number of aryl methyl sites for hydroxylation is 1. The zero-order chi connectivity index (χ0) is 9.84. The van der Waals surface area contributed by atoms with Gasteiger partial charge in [0.15, 0.2) is 5.37 Å². The number of nitrogens with two attached hydrogens (primary N) is 1. The summed E-state index contributed by atoms with van der Waals surface area (Å²) in [4.78, 5) is 11.3. The molecular weight excluding hydrogens is 186 g/mol. The lowest BCUT2D eigenvalue weighted by molar-refractivity contribution is -0.136. The third-order valence-electron chi connectivity index (χ3n) is 1.50. The first kappa shape index (κ1) is 10.1. The summed E-state index contributed by atoms with van der Waals surface area (Å²) >= 11 is 1.14. The van der Waals surface area contributed by atoms with E-state index >= 15 is 0 Å². The molecule has 1 unspecified atom stereocenters. The highest BCUT2D eigenvalue weighted by molar-refractivity contribution is 8.00. The van der Waals surface area contributed by atoms with Crippen LogP contribution in [0, 0.1) is 6.92 Å². The Morgan fingerprint density at radius 1 is 1.62 bits per heavy atom. The van der Waals surface area contributed by atoms with E-state index in [9.17, 15) is 4.79 Å². The molecule has 0 heterocycles. The van der Waals surface area contributed by atoms with Crippen LogP contribution in [0.3, 0.4) is 0 Å². The summed E-state index contributed by atoms with van der Waals surface area (Å²) in [5.41, 5.74) is 6.46. The molecule has 0 radical (unpaired) electrons. The smallest absolute Gasteiger partial charge is 0.331 e. The van der Waals surface area contributed by atoms with E-state index in [2.05, 4.69) is 0 Å². The van der Waals surface area contributed by atoms with Gasteiger partial charge in [0, 0.05) is 4.90 Å². The molecule has 0 aliphatic heterocycles. The number of hydrogen-bond donors (Lipinski definition) is 2. The summed E-state index contributed by atoms with van der Waals surface area (Å²) in [6.45, 7) is 1.95. The maximum absolute atomic E-state index is 10.4. The molecule has 0 saturated heterocycles. The first-order valence-electron chi connectivity index (χ1n) is 3.81. The number of carboxylic acid groups (broad SMARTS) is 1. The zero-order valence-corrected chi connectivity index (χ0v) is 8.04. The van der Waals surface area contributed by atoms with E-state index in [-0.39, 0.29) is 0 Å². The van der Waals surface area contributed by atoms with Crippen LogP contribution in [0.1, 0.15) is 5.56 Å². The molecule has 1 aromatic carbocycles. The molecule has 0 spiro atoms. The van der Waals surface area contributed by atoms with Gasteiger partial charge in [-0.15, -0.1) is 0 Å². The van der Waals surface area contributed by atoms with Crippen molar-refractivity contribution in [1.82, 2.24) is 0 Å². The van der Waals surface area contributed by atoms with Gasteiger partial charge >= 0.3 is 5.97 Å².